The van der Waals surface area contributed by atoms with E-state index in [4.69, 9.17) is 20.8 Å². The molecule has 0 unspecified atom stereocenters. The van der Waals surface area contributed by atoms with E-state index in [0.717, 1.165) is 0 Å². The molecule has 0 fully saturated rings. The number of carbonyl (C=O) groups is 3. The molecule has 3 aromatic rings. The van der Waals surface area contributed by atoms with E-state index in [9.17, 15) is 14.4 Å². The molecule has 0 radical (unpaired) electrons. The molecule has 0 aliphatic rings. The molecule has 0 saturated carbocycles. The molecular formula is C20H19ClN4O5. The highest BCUT2D eigenvalue weighted by Crippen LogP contribution is 2.26. The van der Waals surface area contributed by atoms with Crippen molar-refractivity contribution in [3.05, 3.63) is 59.4 Å². The average molecular weight is 431 g/mol. The van der Waals surface area contributed by atoms with Crippen molar-refractivity contribution in [3.63, 3.8) is 0 Å². The van der Waals surface area contributed by atoms with Crippen molar-refractivity contribution in [3.8, 4) is 17.1 Å². The Morgan fingerprint density at radius 3 is 2.67 bits per heavy atom. The Morgan fingerprint density at radius 1 is 1.20 bits per heavy atom. The topological polar surface area (TPSA) is 115 Å². The SMILES string of the molecule is CC(C)NC(=O)NC(=O)COC(=O)c1cc(-c2ccco2)n(-c2cccc(Cl)c2)n1. The van der Waals surface area contributed by atoms with Crippen LogP contribution in [0.2, 0.25) is 5.02 Å². The van der Waals surface area contributed by atoms with Gasteiger partial charge in [-0.15, -0.1) is 0 Å². The molecule has 3 amide bonds. The number of benzene rings is 1. The predicted octanol–water partition coefficient (Wildman–Crippen LogP) is 3.18. The van der Waals surface area contributed by atoms with Crippen molar-refractivity contribution in [1.29, 1.82) is 0 Å². The molecule has 0 bridgehead atoms. The van der Waals surface area contributed by atoms with Crippen molar-refractivity contribution >= 4 is 29.5 Å². The number of aromatic nitrogens is 2. The summed E-state index contributed by atoms with van der Waals surface area (Å²) in [6.45, 7) is 2.86. The van der Waals surface area contributed by atoms with E-state index in [-0.39, 0.29) is 11.7 Å². The number of rotatable bonds is 6. The molecule has 9 nitrogen and oxygen atoms in total. The molecule has 0 atom stereocenters. The van der Waals surface area contributed by atoms with Gasteiger partial charge in [0.25, 0.3) is 5.91 Å². The third-order valence-corrected chi connectivity index (χ3v) is 3.99. The van der Waals surface area contributed by atoms with Crippen LogP contribution < -0.4 is 10.6 Å². The molecule has 2 N–H and O–H groups in total. The van der Waals surface area contributed by atoms with Crippen molar-refractivity contribution in [2.45, 2.75) is 19.9 Å². The smallest absolute Gasteiger partial charge is 0.359 e. The lowest BCUT2D eigenvalue weighted by atomic mass is 10.2. The monoisotopic (exact) mass is 430 g/mol. The zero-order valence-corrected chi connectivity index (χ0v) is 17.0. The number of imide groups is 1. The second-order valence-corrected chi connectivity index (χ2v) is 6.97. The summed E-state index contributed by atoms with van der Waals surface area (Å²) in [6, 6.07) is 11.0. The van der Waals surface area contributed by atoms with E-state index in [1.165, 1.54) is 17.0 Å². The maximum atomic E-state index is 12.4. The lowest BCUT2D eigenvalue weighted by Gasteiger charge is -2.09. The standard InChI is InChI=1S/C20H19ClN4O5/c1-12(2)22-20(28)23-18(26)11-30-19(27)15-10-16(17-7-4-8-29-17)25(24-15)14-6-3-5-13(21)9-14/h3-10,12H,11H2,1-2H3,(H2,22,23,26,28). The Hall–Kier alpha value is -3.59. The number of urea groups is 1. The van der Waals surface area contributed by atoms with Gasteiger partial charge in [-0.05, 0) is 44.2 Å². The highest BCUT2D eigenvalue weighted by Gasteiger charge is 2.20. The first-order chi connectivity index (χ1) is 14.3. The Balaban J connectivity index is 1.76. The van der Waals surface area contributed by atoms with Gasteiger partial charge >= 0.3 is 12.0 Å². The van der Waals surface area contributed by atoms with Crippen molar-refractivity contribution in [2.75, 3.05) is 6.61 Å². The fraction of sp³-hybridized carbons (Fsp3) is 0.200. The number of nitrogens with one attached hydrogen (secondary N) is 2. The molecule has 30 heavy (non-hydrogen) atoms. The van der Waals surface area contributed by atoms with Crippen LogP contribution in [0.15, 0.2) is 53.1 Å². The molecule has 3 rings (SSSR count). The first-order valence-corrected chi connectivity index (χ1v) is 9.38. The summed E-state index contributed by atoms with van der Waals surface area (Å²) < 4.78 is 11.9. The molecule has 156 valence electrons. The van der Waals surface area contributed by atoms with Crippen LogP contribution in [0.3, 0.4) is 0 Å². The fourth-order valence-electron chi connectivity index (χ4n) is 2.55. The number of furan rings is 1. The van der Waals surface area contributed by atoms with E-state index in [1.807, 2.05) is 0 Å². The van der Waals surface area contributed by atoms with Crippen LogP contribution in [0.5, 0.6) is 0 Å². The number of ether oxygens (including phenoxy) is 1. The van der Waals surface area contributed by atoms with Crippen LogP contribution in [-0.2, 0) is 9.53 Å². The van der Waals surface area contributed by atoms with E-state index in [0.29, 0.717) is 22.2 Å². The average Bonchev–Trinajstić information content (AvgIpc) is 3.35. The summed E-state index contributed by atoms with van der Waals surface area (Å²) in [4.78, 5) is 35.7. The molecule has 2 aromatic heterocycles. The minimum Gasteiger partial charge on any atom is -0.463 e. The number of nitrogens with zero attached hydrogens (tertiary/aromatic N) is 2. The van der Waals surface area contributed by atoms with Crippen molar-refractivity contribution in [2.24, 2.45) is 0 Å². The van der Waals surface area contributed by atoms with Crippen LogP contribution in [0, 0.1) is 0 Å². The molecule has 10 heteroatoms. The third-order valence-electron chi connectivity index (χ3n) is 3.75. The number of carbonyl (C=O) groups excluding carboxylic acids is 3. The lowest BCUT2D eigenvalue weighted by Crippen LogP contribution is -2.44. The van der Waals surface area contributed by atoms with Crippen LogP contribution in [0.25, 0.3) is 17.1 Å². The highest BCUT2D eigenvalue weighted by atomic mass is 35.5. The summed E-state index contributed by atoms with van der Waals surface area (Å²) >= 11 is 6.07. The highest BCUT2D eigenvalue weighted by molar-refractivity contribution is 6.30. The number of halogens is 1. The quantitative estimate of drug-likeness (QED) is 0.580. The van der Waals surface area contributed by atoms with Gasteiger partial charge < -0.3 is 14.5 Å². The van der Waals surface area contributed by atoms with Crippen LogP contribution in [0.4, 0.5) is 4.79 Å². The fourth-order valence-corrected chi connectivity index (χ4v) is 2.74. The molecule has 0 saturated heterocycles. The maximum Gasteiger partial charge on any atom is 0.359 e. The zero-order valence-electron chi connectivity index (χ0n) is 16.2. The van der Waals surface area contributed by atoms with Crippen molar-refractivity contribution in [1.82, 2.24) is 20.4 Å². The van der Waals surface area contributed by atoms with Gasteiger partial charge in [0.05, 0.1) is 12.0 Å². The van der Waals surface area contributed by atoms with E-state index >= 15 is 0 Å². The van der Waals surface area contributed by atoms with E-state index in [2.05, 4.69) is 15.7 Å². The molecule has 0 spiro atoms. The van der Waals surface area contributed by atoms with Crippen molar-refractivity contribution < 1.29 is 23.5 Å². The van der Waals surface area contributed by atoms with Gasteiger partial charge in [0.1, 0.15) is 5.69 Å². The Morgan fingerprint density at radius 2 is 2.00 bits per heavy atom. The van der Waals surface area contributed by atoms with Gasteiger partial charge in [0.15, 0.2) is 18.1 Å². The summed E-state index contributed by atoms with van der Waals surface area (Å²) in [5.74, 6) is -1.12. The molecule has 0 aliphatic carbocycles. The second kappa shape index (κ2) is 9.27. The van der Waals surface area contributed by atoms with Gasteiger partial charge in [-0.2, -0.15) is 5.10 Å². The maximum absolute atomic E-state index is 12.4. The third kappa shape index (κ3) is 5.26. The number of esters is 1. The van der Waals surface area contributed by atoms with Gasteiger partial charge in [-0.25, -0.2) is 14.3 Å². The second-order valence-electron chi connectivity index (χ2n) is 6.54. The van der Waals surface area contributed by atoms with Crippen LogP contribution >= 0.6 is 11.6 Å². The van der Waals surface area contributed by atoms with E-state index < -0.39 is 24.5 Å². The number of amides is 3. The van der Waals surface area contributed by atoms with E-state index in [1.54, 1.807) is 50.2 Å². The Bertz CT molecular complexity index is 1060. The summed E-state index contributed by atoms with van der Waals surface area (Å²) in [5, 5.41) is 9.32. The molecule has 1 aromatic carbocycles. The first kappa shape index (κ1) is 21.1. The Kier molecular flexibility index (Phi) is 6.53. The summed E-state index contributed by atoms with van der Waals surface area (Å²) in [6.07, 6.45) is 1.50. The number of hydrogen-bond acceptors (Lipinski definition) is 6. The van der Waals surface area contributed by atoms with Crippen LogP contribution in [0.1, 0.15) is 24.3 Å². The molecular weight excluding hydrogens is 412 g/mol. The molecule has 2 heterocycles. The van der Waals surface area contributed by atoms with Gasteiger partial charge in [0.2, 0.25) is 0 Å². The van der Waals surface area contributed by atoms with Gasteiger partial charge in [-0.3, -0.25) is 10.1 Å². The summed E-state index contributed by atoms with van der Waals surface area (Å²) in [7, 11) is 0. The number of hydrogen-bond donors (Lipinski definition) is 2. The Labute approximate surface area is 177 Å². The first-order valence-electron chi connectivity index (χ1n) is 9.01. The van der Waals surface area contributed by atoms with Gasteiger partial charge in [0, 0.05) is 17.1 Å². The summed E-state index contributed by atoms with van der Waals surface area (Å²) in [5.41, 5.74) is 1.06. The lowest BCUT2D eigenvalue weighted by molar-refractivity contribution is -0.123. The predicted molar refractivity (Wildman–Crippen MR) is 108 cm³/mol. The normalized spacial score (nSPS) is 10.7. The minimum atomic E-state index is -0.831. The minimum absolute atomic E-state index is 0.0409. The zero-order chi connectivity index (χ0) is 21.7. The van der Waals surface area contributed by atoms with Gasteiger partial charge in [-0.1, -0.05) is 17.7 Å². The molecule has 0 aliphatic heterocycles. The largest absolute Gasteiger partial charge is 0.463 e. The van der Waals surface area contributed by atoms with Crippen LogP contribution in [-0.4, -0.2) is 40.3 Å².